The van der Waals surface area contributed by atoms with Crippen LogP contribution < -0.4 is 0 Å². The van der Waals surface area contributed by atoms with Crippen molar-refractivity contribution in [2.45, 2.75) is 32.9 Å². The Hall–Kier alpha value is -2.12. The third kappa shape index (κ3) is 4.12. The number of furan rings is 1. The van der Waals surface area contributed by atoms with E-state index in [9.17, 15) is 13.2 Å². The van der Waals surface area contributed by atoms with Crippen molar-refractivity contribution in [3.05, 3.63) is 69.4 Å². The van der Waals surface area contributed by atoms with Gasteiger partial charge in [-0.3, -0.25) is 4.79 Å². The minimum Gasteiger partial charge on any atom is -0.451 e. The van der Waals surface area contributed by atoms with Gasteiger partial charge < -0.3 is 9.32 Å². The monoisotopic (exact) mass is 475 g/mol. The van der Waals surface area contributed by atoms with E-state index in [4.69, 9.17) is 4.42 Å². The van der Waals surface area contributed by atoms with Crippen LogP contribution in [0.5, 0.6) is 0 Å². The smallest absolute Gasteiger partial charge is 0.290 e. The molecule has 1 aromatic heterocycles. The molecule has 0 spiro atoms. The summed E-state index contributed by atoms with van der Waals surface area (Å²) in [5.41, 5.74) is 3.44. The van der Waals surface area contributed by atoms with Crippen LogP contribution >= 0.6 is 15.9 Å². The van der Waals surface area contributed by atoms with Gasteiger partial charge in [0.15, 0.2) is 15.6 Å². The van der Waals surface area contributed by atoms with E-state index >= 15 is 0 Å². The molecule has 152 valence electrons. The van der Waals surface area contributed by atoms with Crippen LogP contribution in [0, 0.1) is 13.8 Å². The molecular weight excluding hydrogens is 454 g/mol. The van der Waals surface area contributed by atoms with Crippen molar-refractivity contribution in [3.8, 4) is 0 Å². The first-order valence-corrected chi connectivity index (χ1v) is 12.1. The highest BCUT2D eigenvalue weighted by molar-refractivity contribution is 9.10. The zero-order valence-electron chi connectivity index (χ0n) is 16.3. The average molecular weight is 476 g/mol. The number of sulfone groups is 1. The number of halogens is 1. The second-order valence-corrected chi connectivity index (χ2v) is 10.8. The minimum atomic E-state index is -3.13. The Morgan fingerprint density at radius 1 is 1.21 bits per heavy atom. The van der Waals surface area contributed by atoms with E-state index in [1.165, 1.54) is 0 Å². The van der Waals surface area contributed by atoms with E-state index in [-0.39, 0.29) is 29.2 Å². The van der Waals surface area contributed by atoms with Crippen molar-refractivity contribution < 1.29 is 17.6 Å². The molecule has 29 heavy (non-hydrogen) atoms. The fourth-order valence-electron chi connectivity index (χ4n) is 3.89. The number of nitrogens with zero attached hydrogens (tertiary/aromatic N) is 1. The van der Waals surface area contributed by atoms with Crippen LogP contribution in [-0.4, -0.2) is 36.8 Å². The number of carbonyl (C=O) groups is 1. The largest absolute Gasteiger partial charge is 0.451 e. The summed E-state index contributed by atoms with van der Waals surface area (Å²) in [5, 5.41) is 0.903. The molecule has 2 heterocycles. The SMILES string of the molecule is Cc1ccc2c(C)c(C(=O)N(Cc3cccc(Br)c3)[C@@H]3CCS(=O)(=O)C3)oc2c1. The Kier molecular flexibility index (Phi) is 5.29. The van der Waals surface area contributed by atoms with E-state index < -0.39 is 9.84 Å². The lowest BCUT2D eigenvalue weighted by Gasteiger charge is -2.28. The van der Waals surface area contributed by atoms with E-state index in [2.05, 4.69) is 15.9 Å². The van der Waals surface area contributed by atoms with Crippen LogP contribution in [0.3, 0.4) is 0 Å². The topological polar surface area (TPSA) is 67.6 Å². The summed E-state index contributed by atoms with van der Waals surface area (Å²) < 4.78 is 31.0. The molecular formula is C22H22BrNO4S. The second-order valence-electron chi connectivity index (χ2n) is 7.68. The number of benzene rings is 2. The van der Waals surface area contributed by atoms with Crippen LogP contribution in [-0.2, 0) is 16.4 Å². The fourth-order valence-corrected chi connectivity index (χ4v) is 6.06. The van der Waals surface area contributed by atoms with Gasteiger partial charge in [0.2, 0.25) is 0 Å². The number of hydrogen-bond donors (Lipinski definition) is 0. The predicted molar refractivity (Wildman–Crippen MR) is 117 cm³/mol. The van der Waals surface area contributed by atoms with E-state index in [0.29, 0.717) is 18.5 Å². The van der Waals surface area contributed by atoms with Crippen LogP contribution in [0.1, 0.15) is 33.7 Å². The summed E-state index contributed by atoms with van der Waals surface area (Å²) >= 11 is 3.46. The maximum absolute atomic E-state index is 13.5. The summed E-state index contributed by atoms with van der Waals surface area (Å²) in [5.74, 6) is 0.118. The molecule has 1 aliphatic rings. The van der Waals surface area contributed by atoms with Gasteiger partial charge in [-0.15, -0.1) is 0 Å². The van der Waals surface area contributed by atoms with Gasteiger partial charge in [-0.2, -0.15) is 0 Å². The zero-order chi connectivity index (χ0) is 20.8. The van der Waals surface area contributed by atoms with Gasteiger partial charge >= 0.3 is 0 Å². The molecule has 7 heteroatoms. The van der Waals surface area contributed by atoms with Crippen molar-refractivity contribution in [1.29, 1.82) is 0 Å². The van der Waals surface area contributed by atoms with Crippen molar-refractivity contribution in [2.24, 2.45) is 0 Å². The second kappa shape index (κ2) is 7.61. The average Bonchev–Trinajstić information content (AvgIpc) is 3.18. The molecule has 1 amide bonds. The van der Waals surface area contributed by atoms with Crippen molar-refractivity contribution in [3.63, 3.8) is 0 Å². The van der Waals surface area contributed by atoms with E-state index in [1.54, 1.807) is 4.90 Å². The Morgan fingerprint density at radius 3 is 2.69 bits per heavy atom. The lowest BCUT2D eigenvalue weighted by molar-refractivity contribution is 0.0649. The normalized spacial score (nSPS) is 18.2. The lowest BCUT2D eigenvalue weighted by Crippen LogP contribution is -2.40. The molecule has 0 radical (unpaired) electrons. The number of rotatable bonds is 4. The molecule has 3 aromatic rings. The van der Waals surface area contributed by atoms with Crippen LogP contribution in [0.25, 0.3) is 11.0 Å². The summed E-state index contributed by atoms with van der Waals surface area (Å²) in [4.78, 5) is 15.2. The quantitative estimate of drug-likeness (QED) is 0.550. The third-order valence-electron chi connectivity index (χ3n) is 5.44. The molecule has 0 N–H and O–H groups in total. The number of carbonyl (C=O) groups excluding carboxylic acids is 1. The number of hydrogen-bond acceptors (Lipinski definition) is 4. The van der Waals surface area contributed by atoms with Gasteiger partial charge in [-0.05, 0) is 49.6 Å². The minimum absolute atomic E-state index is 0.00880. The van der Waals surface area contributed by atoms with Crippen molar-refractivity contribution >= 4 is 42.6 Å². The molecule has 1 atom stereocenters. The maximum Gasteiger partial charge on any atom is 0.290 e. The highest BCUT2D eigenvalue weighted by atomic mass is 79.9. The van der Waals surface area contributed by atoms with Gasteiger partial charge in [-0.25, -0.2) is 8.42 Å². The van der Waals surface area contributed by atoms with Gasteiger partial charge in [-0.1, -0.05) is 40.2 Å². The molecule has 1 saturated heterocycles. The molecule has 4 rings (SSSR count). The Balaban J connectivity index is 1.74. The van der Waals surface area contributed by atoms with Crippen molar-refractivity contribution in [1.82, 2.24) is 4.90 Å². The highest BCUT2D eigenvalue weighted by Gasteiger charge is 2.36. The molecule has 0 aliphatic carbocycles. The maximum atomic E-state index is 13.5. The predicted octanol–water partition coefficient (Wildman–Crippen LogP) is 4.64. The van der Waals surface area contributed by atoms with E-state index in [0.717, 1.165) is 26.5 Å². The van der Waals surface area contributed by atoms with E-state index in [1.807, 2.05) is 56.3 Å². The number of amides is 1. The molecule has 0 unspecified atom stereocenters. The molecule has 2 aromatic carbocycles. The van der Waals surface area contributed by atoms with Gasteiger partial charge in [0, 0.05) is 28.0 Å². The van der Waals surface area contributed by atoms with Crippen LogP contribution in [0.2, 0.25) is 0 Å². The van der Waals surface area contributed by atoms with Crippen LogP contribution in [0.15, 0.2) is 51.4 Å². The zero-order valence-corrected chi connectivity index (χ0v) is 18.7. The molecule has 0 saturated carbocycles. The molecule has 0 bridgehead atoms. The fraction of sp³-hybridized carbons (Fsp3) is 0.318. The Morgan fingerprint density at radius 2 is 2.00 bits per heavy atom. The van der Waals surface area contributed by atoms with Crippen molar-refractivity contribution in [2.75, 3.05) is 11.5 Å². The van der Waals surface area contributed by atoms with Gasteiger partial charge in [0.05, 0.1) is 11.5 Å². The van der Waals surface area contributed by atoms with Crippen LogP contribution in [0.4, 0.5) is 0 Å². The first kappa shape index (κ1) is 20.2. The summed E-state index contributed by atoms with van der Waals surface area (Å²) in [7, 11) is -3.13. The molecule has 5 nitrogen and oxygen atoms in total. The highest BCUT2D eigenvalue weighted by Crippen LogP contribution is 2.30. The molecule has 1 fully saturated rings. The number of aryl methyl sites for hydroxylation is 2. The van der Waals surface area contributed by atoms with Gasteiger partial charge in [0.25, 0.3) is 5.91 Å². The first-order valence-electron chi connectivity index (χ1n) is 9.49. The Bertz CT molecular complexity index is 1200. The standard InChI is InChI=1S/C22H22BrNO4S/c1-14-6-7-19-15(2)21(28-20(19)10-14)22(25)24(18-8-9-29(26,27)13-18)12-16-4-3-5-17(23)11-16/h3-7,10-11,18H,8-9,12-13H2,1-2H3/t18-/m1/s1. The van der Waals surface area contributed by atoms with Gasteiger partial charge in [0.1, 0.15) is 5.58 Å². The lowest BCUT2D eigenvalue weighted by atomic mass is 10.1. The number of fused-ring (bicyclic) bond motifs is 1. The first-order chi connectivity index (χ1) is 13.7. The summed E-state index contributed by atoms with van der Waals surface area (Å²) in [6, 6.07) is 13.2. The Labute approximate surface area is 178 Å². The third-order valence-corrected chi connectivity index (χ3v) is 7.68. The summed E-state index contributed by atoms with van der Waals surface area (Å²) in [6.07, 6.45) is 0.445. The summed E-state index contributed by atoms with van der Waals surface area (Å²) in [6.45, 7) is 4.17. The molecule has 1 aliphatic heterocycles.